The lowest BCUT2D eigenvalue weighted by Gasteiger charge is -2.18. The highest BCUT2D eigenvalue weighted by molar-refractivity contribution is 5.99. The predicted molar refractivity (Wildman–Crippen MR) is 168 cm³/mol. The maximum absolute atomic E-state index is 13.3. The van der Waals surface area contributed by atoms with Crippen LogP contribution in [0.4, 0.5) is 11.6 Å². The van der Waals surface area contributed by atoms with E-state index >= 15 is 0 Å². The van der Waals surface area contributed by atoms with Gasteiger partial charge in [0.1, 0.15) is 35.2 Å². The molecule has 1 saturated carbocycles. The van der Waals surface area contributed by atoms with E-state index < -0.39 is 0 Å². The van der Waals surface area contributed by atoms with E-state index in [1.807, 2.05) is 31.3 Å². The molecule has 1 amide bonds. The van der Waals surface area contributed by atoms with E-state index in [4.69, 9.17) is 33.3 Å². The van der Waals surface area contributed by atoms with Gasteiger partial charge >= 0.3 is 0 Å². The Morgan fingerprint density at radius 3 is 2.51 bits per heavy atom. The normalized spacial score (nSPS) is 18.7. The highest BCUT2D eigenvalue weighted by Crippen LogP contribution is 2.38. The number of fused-ring (bicyclic) bond motifs is 2. The number of anilines is 2. The minimum absolute atomic E-state index is 0.0823. The molecule has 0 bridgehead atoms. The fraction of sp³-hybridized carbons (Fsp3) is 0.394. The number of carbonyl (C=O) groups excluding carboxylic acids is 1. The smallest absolute Gasteiger partial charge is 0.254 e. The number of methoxy groups -OCH3 is 3. The fourth-order valence-electron chi connectivity index (χ4n) is 6.33. The number of oxazole rings is 1. The number of likely N-dealkylation sites (tertiary alicyclic amines) is 1. The largest absolute Gasteiger partial charge is 0.495 e. The molecule has 2 N–H and O–H groups in total. The molecule has 1 saturated heterocycles. The van der Waals surface area contributed by atoms with Crippen LogP contribution in [0.25, 0.3) is 33.3 Å². The van der Waals surface area contributed by atoms with Gasteiger partial charge in [0.25, 0.3) is 5.91 Å². The summed E-state index contributed by atoms with van der Waals surface area (Å²) < 4.78 is 29.0. The molecule has 2 fully saturated rings. The first-order valence-corrected chi connectivity index (χ1v) is 15.2. The summed E-state index contributed by atoms with van der Waals surface area (Å²) >= 11 is 0. The second-order valence-corrected chi connectivity index (χ2v) is 11.5. The molecule has 3 aromatic heterocycles. The molecule has 234 valence electrons. The van der Waals surface area contributed by atoms with Gasteiger partial charge in [0.15, 0.2) is 11.5 Å². The number of hydrogen-bond donors (Lipinski definition) is 2. The molecule has 1 unspecified atom stereocenters. The lowest BCUT2D eigenvalue weighted by atomic mass is 10.1. The summed E-state index contributed by atoms with van der Waals surface area (Å²) in [6.45, 7) is 2.75. The van der Waals surface area contributed by atoms with Gasteiger partial charge in [0, 0.05) is 51.6 Å². The molecule has 2 aromatic carbocycles. The summed E-state index contributed by atoms with van der Waals surface area (Å²) in [5.41, 5.74) is 5.12. The second kappa shape index (κ2) is 12.0. The average Bonchev–Trinajstić information content (AvgIpc) is 3.86. The Balaban J connectivity index is 1.20. The summed E-state index contributed by atoms with van der Waals surface area (Å²) in [7, 11) is 4.82. The van der Waals surface area contributed by atoms with E-state index in [0.717, 1.165) is 47.7 Å². The van der Waals surface area contributed by atoms with Gasteiger partial charge in [0.2, 0.25) is 11.8 Å². The van der Waals surface area contributed by atoms with Crippen LogP contribution in [-0.4, -0.2) is 83.5 Å². The minimum atomic E-state index is -0.169. The molecule has 5 aromatic rings. The SMILES string of the molecule is COc1cc(C(=O)N2CC(OC)[C@H](OC)C2)ccc1Nc1nc(OC2CCCC2)c2c(-c3ccc4nc(C)oc4c3)c[nH]c2n1. The number of amides is 1. The number of ether oxygens (including phenoxy) is 4. The zero-order valence-electron chi connectivity index (χ0n) is 25.8. The molecule has 2 atom stereocenters. The van der Waals surface area contributed by atoms with Crippen LogP contribution in [0.2, 0.25) is 0 Å². The molecular weight excluding hydrogens is 576 g/mol. The number of rotatable bonds is 9. The van der Waals surface area contributed by atoms with Crippen LogP contribution in [0, 0.1) is 6.92 Å². The third-order valence-electron chi connectivity index (χ3n) is 8.69. The summed E-state index contributed by atoms with van der Waals surface area (Å²) in [6.07, 6.45) is 5.87. The minimum Gasteiger partial charge on any atom is -0.495 e. The quantitative estimate of drug-likeness (QED) is 0.215. The van der Waals surface area contributed by atoms with Crippen molar-refractivity contribution in [3.05, 3.63) is 54.0 Å². The van der Waals surface area contributed by atoms with E-state index in [-0.39, 0.29) is 24.2 Å². The first-order chi connectivity index (χ1) is 21.9. The van der Waals surface area contributed by atoms with E-state index in [2.05, 4.69) is 15.3 Å². The maximum Gasteiger partial charge on any atom is 0.254 e. The summed E-state index contributed by atoms with van der Waals surface area (Å²) in [5, 5.41) is 4.09. The lowest BCUT2D eigenvalue weighted by molar-refractivity contribution is -0.00461. The zero-order valence-corrected chi connectivity index (χ0v) is 25.8. The van der Waals surface area contributed by atoms with Crippen molar-refractivity contribution in [2.75, 3.05) is 39.7 Å². The standard InChI is InChI=1S/C33H36N6O6/c1-18-35-24-11-9-19(13-26(24)44-18)22-15-34-30-29(22)31(45-21-7-5-6-8-21)38-33(37-30)36-23-12-10-20(14-25(23)41-2)32(40)39-16-27(42-3)28(17-39)43-4/h9-15,21,27-28H,5-8,16-17H2,1-4H3,(H2,34,36,37,38)/t27-,28?/m1/s1. The summed E-state index contributed by atoms with van der Waals surface area (Å²) in [5.74, 6) is 1.82. The van der Waals surface area contributed by atoms with Crippen LogP contribution in [0.3, 0.4) is 0 Å². The van der Waals surface area contributed by atoms with E-state index in [1.165, 1.54) is 0 Å². The highest BCUT2D eigenvalue weighted by atomic mass is 16.5. The molecule has 7 rings (SSSR count). The van der Waals surface area contributed by atoms with E-state index in [0.29, 0.717) is 59.0 Å². The maximum atomic E-state index is 13.3. The number of H-pyrrole nitrogens is 1. The molecule has 1 aliphatic carbocycles. The van der Waals surface area contributed by atoms with Gasteiger partial charge in [-0.25, -0.2) is 4.98 Å². The Morgan fingerprint density at radius 1 is 1.00 bits per heavy atom. The van der Waals surface area contributed by atoms with Crippen molar-refractivity contribution in [2.45, 2.75) is 50.9 Å². The summed E-state index contributed by atoms with van der Waals surface area (Å²) in [6, 6.07) is 11.2. The second-order valence-electron chi connectivity index (χ2n) is 11.5. The van der Waals surface area contributed by atoms with E-state index in [9.17, 15) is 4.79 Å². The number of hydrogen-bond acceptors (Lipinski definition) is 10. The molecule has 1 aliphatic heterocycles. The molecule has 0 radical (unpaired) electrons. The highest BCUT2D eigenvalue weighted by Gasteiger charge is 2.36. The molecule has 12 nitrogen and oxygen atoms in total. The van der Waals surface area contributed by atoms with Crippen molar-refractivity contribution in [1.29, 1.82) is 0 Å². The first-order valence-electron chi connectivity index (χ1n) is 15.2. The zero-order chi connectivity index (χ0) is 31.1. The van der Waals surface area contributed by atoms with Crippen molar-refractivity contribution in [1.82, 2.24) is 24.8 Å². The van der Waals surface area contributed by atoms with Crippen LogP contribution < -0.4 is 14.8 Å². The number of nitrogens with zero attached hydrogens (tertiary/aromatic N) is 4. The monoisotopic (exact) mass is 612 g/mol. The third kappa shape index (κ3) is 5.55. The Morgan fingerprint density at radius 2 is 1.78 bits per heavy atom. The van der Waals surface area contributed by atoms with E-state index in [1.54, 1.807) is 44.4 Å². The number of benzene rings is 2. The number of carbonyl (C=O) groups is 1. The van der Waals surface area contributed by atoms with Crippen molar-refractivity contribution in [3.8, 4) is 22.8 Å². The van der Waals surface area contributed by atoms with Crippen LogP contribution >= 0.6 is 0 Å². The number of nitrogens with one attached hydrogen (secondary N) is 2. The number of aromatic amines is 1. The average molecular weight is 613 g/mol. The van der Waals surface area contributed by atoms with Gasteiger partial charge in [-0.1, -0.05) is 6.07 Å². The lowest BCUT2D eigenvalue weighted by Crippen LogP contribution is -2.30. The Kier molecular flexibility index (Phi) is 7.76. The Labute approximate surface area is 260 Å². The van der Waals surface area contributed by atoms with Gasteiger partial charge in [-0.3, -0.25) is 4.79 Å². The Bertz CT molecular complexity index is 1850. The van der Waals surface area contributed by atoms with Crippen molar-refractivity contribution < 1.29 is 28.2 Å². The van der Waals surface area contributed by atoms with Crippen molar-refractivity contribution in [2.24, 2.45) is 0 Å². The summed E-state index contributed by atoms with van der Waals surface area (Å²) in [4.78, 5) is 32.5. The molecule has 45 heavy (non-hydrogen) atoms. The molecular formula is C33H36N6O6. The van der Waals surface area contributed by atoms with Gasteiger partial charge in [0.05, 0.1) is 18.2 Å². The van der Waals surface area contributed by atoms with Crippen LogP contribution in [0.5, 0.6) is 11.6 Å². The molecule has 2 aliphatic rings. The van der Waals surface area contributed by atoms with Crippen molar-refractivity contribution >= 4 is 39.7 Å². The van der Waals surface area contributed by atoms with Crippen molar-refractivity contribution in [3.63, 3.8) is 0 Å². The number of aryl methyl sites for hydroxylation is 1. The van der Waals surface area contributed by atoms with Gasteiger partial charge in [-0.2, -0.15) is 9.97 Å². The topological polar surface area (TPSA) is 137 Å². The van der Waals surface area contributed by atoms with Crippen LogP contribution in [-0.2, 0) is 9.47 Å². The van der Waals surface area contributed by atoms with Gasteiger partial charge < -0.3 is 38.6 Å². The molecule has 4 heterocycles. The first kappa shape index (κ1) is 29.1. The predicted octanol–water partition coefficient (Wildman–Crippen LogP) is 5.63. The molecule has 12 heteroatoms. The third-order valence-corrected chi connectivity index (χ3v) is 8.69. The fourth-order valence-corrected chi connectivity index (χ4v) is 6.33. The number of aromatic nitrogens is 4. The Hall–Kier alpha value is -4.68. The molecule has 0 spiro atoms. The van der Waals surface area contributed by atoms with Gasteiger partial charge in [-0.15, -0.1) is 0 Å². The van der Waals surface area contributed by atoms with Crippen LogP contribution in [0.1, 0.15) is 41.9 Å². The van der Waals surface area contributed by atoms with Crippen LogP contribution in [0.15, 0.2) is 47.0 Å². The van der Waals surface area contributed by atoms with Gasteiger partial charge in [-0.05, 0) is 61.6 Å².